The number of carboxylic acid groups (broad SMARTS) is 1. The summed E-state index contributed by atoms with van der Waals surface area (Å²) in [6.07, 6.45) is 0.578. The molecule has 0 aliphatic carbocycles. The Hall–Kier alpha value is -0.640. The summed E-state index contributed by atoms with van der Waals surface area (Å²) in [6.45, 7) is 1.73. The highest BCUT2D eigenvalue weighted by molar-refractivity contribution is 6.33. The summed E-state index contributed by atoms with van der Waals surface area (Å²) in [6, 6.07) is 0. The van der Waals surface area contributed by atoms with Gasteiger partial charge in [-0.2, -0.15) is 0 Å². The number of halogens is 1. The normalized spacial score (nSPS) is 15.8. The molecule has 10 heavy (non-hydrogen) atoms. The minimum atomic E-state index is -1.95. The van der Waals surface area contributed by atoms with E-state index in [1.54, 1.807) is 6.92 Å². The predicted molar refractivity (Wildman–Crippen MR) is 36.9 cm³/mol. The lowest BCUT2D eigenvalue weighted by Gasteiger charge is -2.10. The maximum Gasteiger partial charge on any atom is 0.350 e. The topological polar surface area (TPSA) is 66.7 Å². The zero-order chi connectivity index (χ0) is 8.20. The highest BCUT2D eigenvalue weighted by Crippen LogP contribution is 2.22. The van der Waals surface area contributed by atoms with E-state index < -0.39 is 11.0 Å². The van der Waals surface area contributed by atoms with Crippen LogP contribution in [0.1, 0.15) is 19.8 Å². The maximum atomic E-state index is 10.2. The molecule has 0 bridgehead atoms. The van der Waals surface area contributed by atoms with Crippen molar-refractivity contribution in [1.29, 1.82) is 0 Å². The summed E-state index contributed by atoms with van der Waals surface area (Å²) in [7, 11) is 0. The first-order valence-corrected chi connectivity index (χ1v) is 3.21. The molecule has 0 rings (SSSR count). The Balaban J connectivity index is 4.22. The van der Waals surface area contributed by atoms with Crippen LogP contribution in [-0.2, 0) is 4.79 Å². The molecule has 1 N–H and O–H groups in total. The van der Waals surface area contributed by atoms with Crippen LogP contribution in [0.2, 0.25) is 0 Å². The Kier molecular flexibility index (Phi) is 3.28. The van der Waals surface area contributed by atoms with Crippen LogP contribution in [0.5, 0.6) is 0 Å². The van der Waals surface area contributed by atoms with Gasteiger partial charge in [0, 0.05) is 6.42 Å². The van der Waals surface area contributed by atoms with Gasteiger partial charge in [-0.25, -0.2) is 4.79 Å². The molecule has 0 radical (unpaired) electrons. The number of aliphatic carboxylic acids is 1. The Bertz CT molecular complexity index is 150. The summed E-state index contributed by atoms with van der Waals surface area (Å²) < 4.78 is 0. The first-order chi connectivity index (χ1) is 4.56. The van der Waals surface area contributed by atoms with Gasteiger partial charge in [-0.05, 0) is 5.18 Å². The molecule has 0 heterocycles. The second-order valence-corrected chi connectivity index (χ2v) is 2.53. The second-order valence-electron chi connectivity index (χ2n) is 1.91. The van der Waals surface area contributed by atoms with Gasteiger partial charge in [-0.1, -0.05) is 24.9 Å². The quantitative estimate of drug-likeness (QED) is 0.391. The lowest BCUT2D eigenvalue weighted by atomic mass is 10.2. The van der Waals surface area contributed by atoms with E-state index in [0.717, 1.165) is 0 Å². The molecule has 1 atom stereocenters. The third kappa shape index (κ3) is 1.95. The van der Waals surface area contributed by atoms with Crippen LogP contribution < -0.4 is 0 Å². The SMILES string of the molecule is CCC[C@](Cl)(N=O)C(=O)O. The molecule has 0 aromatic heterocycles. The van der Waals surface area contributed by atoms with Crippen LogP contribution in [-0.4, -0.2) is 16.1 Å². The number of nitrogens with zero attached hydrogens (tertiary/aromatic N) is 1. The molecule has 0 unspecified atom stereocenters. The van der Waals surface area contributed by atoms with Crippen molar-refractivity contribution in [3.05, 3.63) is 4.91 Å². The van der Waals surface area contributed by atoms with E-state index in [0.29, 0.717) is 6.42 Å². The van der Waals surface area contributed by atoms with E-state index in [4.69, 9.17) is 16.7 Å². The van der Waals surface area contributed by atoms with Crippen molar-refractivity contribution in [3.8, 4) is 0 Å². The van der Waals surface area contributed by atoms with Gasteiger partial charge in [-0.15, -0.1) is 4.91 Å². The Morgan fingerprint density at radius 1 is 1.80 bits per heavy atom. The van der Waals surface area contributed by atoms with Crippen LogP contribution in [0.15, 0.2) is 5.18 Å². The van der Waals surface area contributed by atoms with Gasteiger partial charge < -0.3 is 5.11 Å². The Labute approximate surface area is 63.2 Å². The van der Waals surface area contributed by atoms with Crippen LogP contribution in [0.3, 0.4) is 0 Å². The van der Waals surface area contributed by atoms with Crippen molar-refractivity contribution in [3.63, 3.8) is 0 Å². The zero-order valence-corrected chi connectivity index (χ0v) is 6.26. The van der Waals surface area contributed by atoms with Gasteiger partial charge in [0.25, 0.3) is 5.00 Å². The van der Waals surface area contributed by atoms with Crippen LogP contribution in [0.25, 0.3) is 0 Å². The number of alkyl halides is 1. The average Bonchev–Trinajstić information content (AvgIpc) is 1.88. The van der Waals surface area contributed by atoms with Gasteiger partial charge in [0.15, 0.2) is 0 Å². The molecule has 0 amide bonds. The minimum absolute atomic E-state index is 0.0629. The molecule has 0 aromatic rings. The van der Waals surface area contributed by atoms with E-state index in [-0.39, 0.29) is 6.42 Å². The van der Waals surface area contributed by atoms with Crippen molar-refractivity contribution in [1.82, 2.24) is 0 Å². The maximum absolute atomic E-state index is 10.2. The van der Waals surface area contributed by atoms with Gasteiger partial charge >= 0.3 is 5.97 Å². The largest absolute Gasteiger partial charge is 0.478 e. The zero-order valence-electron chi connectivity index (χ0n) is 5.50. The average molecular weight is 166 g/mol. The second kappa shape index (κ2) is 3.51. The fourth-order valence-corrected chi connectivity index (χ4v) is 0.712. The highest BCUT2D eigenvalue weighted by Gasteiger charge is 2.36. The molecule has 0 fully saturated rings. The van der Waals surface area contributed by atoms with Crippen LogP contribution in [0.4, 0.5) is 0 Å². The number of hydrogen-bond donors (Lipinski definition) is 1. The molecule has 0 saturated heterocycles. The summed E-state index contributed by atoms with van der Waals surface area (Å²) >= 11 is 5.28. The summed E-state index contributed by atoms with van der Waals surface area (Å²) in [4.78, 5) is 18.2. The van der Waals surface area contributed by atoms with Gasteiger partial charge in [-0.3, -0.25) is 0 Å². The molecular weight excluding hydrogens is 158 g/mol. The molecule has 0 saturated carbocycles. The van der Waals surface area contributed by atoms with Crippen molar-refractivity contribution in [2.24, 2.45) is 5.18 Å². The van der Waals surface area contributed by atoms with Crippen LogP contribution >= 0.6 is 11.6 Å². The Morgan fingerprint density at radius 2 is 2.30 bits per heavy atom. The molecule has 58 valence electrons. The number of carbonyl (C=O) groups is 1. The molecule has 0 aliphatic heterocycles. The molecule has 0 aliphatic rings. The lowest BCUT2D eigenvalue weighted by Crippen LogP contribution is -2.29. The lowest BCUT2D eigenvalue weighted by molar-refractivity contribution is -0.140. The fourth-order valence-electron chi connectivity index (χ4n) is 0.523. The Morgan fingerprint density at radius 3 is 2.40 bits per heavy atom. The number of carboxylic acids is 1. The van der Waals surface area contributed by atoms with E-state index >= 15 is 0 Å². The van der Waals surface area contributed by atoms with Crippen molar-refractivity contribution >= 4 is 17.6 Å². The first-order valence-electron chi connectivity index (χ1n) is 2.83. The highest BCUT2D eigenvalue weighted by atomic mass is 35.5. The van der Waals surface area contributed by atoms with E-state index in [9.17, 15) is 9.70 Å². The van der Waals surface area contributed by atoms with Crippen molar-refractivity contribution in [2.75, 3.05) is 0 Å². The number of nitroso groups, excluding NO2 is 1. The molecule has 0 aromatic carbocycles. The fraction of sp³-hybridized carbons (Fsp3) is 0.800. The van der Waals surface area contributed by atoms with E-state index in [1.807, 2.05) is 0 Å². The summed E-state index contributed by atoms with van der Waals surface area (Å²) in [5.41, 5.74) is 0. The predicted octanol–water partition coefficient (Wildman–Crippen LogP) is 1.57. The molecule has 0 spiro atoms. The van der Waals surface area contributed by atoms with Gasteiger partial charge in [0.2, 0.25) is 0 Å². The van der Waals surface area contributed by atoms with Gasteiger partial charge in [0.1, 0.15) is 0 Å². The van der Waals surface area contributed by atoms with Crippen molar-refractivity contribution < 1.29 is 9.90 Å². The van der Waals surface area contributed by atoms with Gasteiger partial charge in [0.05, 0.1) is 0 Å². The third-order valence-corrected chi connectivity index (χ3v) is 1.47. The standard InChI is InChI=1S/C5H8ClNO3/c1-2-3-5(6,7-10)4(8)9/h2-3H2,1H3,(H,8,9)/t5-/m0/s1. The third-order valence-electron chi connectivity index (χ3n) is 1.05. The van der Waals surface area contributed by atoms with Crippen LogP contribution in [0, 0.1) is 4.91 Å². The molecule has 5 heteroatoms. The summed E-state index contributed by atoms with van der Waals surface area (Å²) in [5.74, 6) is -1.38. The summed E-state index contributed by atoms with van der Waals surface area (Å²) in [5, 5.41) is 10.7. The molecular formula is C5H8ClNO3. The van der Waals surface area contributed by atoms with E-state index in [1.165, 1.54) is 0 Å². The minimum Gasteiger partial charge on any atom is -0.478 e. The first kappa shape index (κ1) is 9.36. The van der Waals surface area contributed by atoms with Crippen molar-refractivity contribution in [2.45, 2.75) is 24.8 Å². The monoisotopic (exact) mass is 165 g/mol. The smallest absolute Gasteiger partial charge is 0.350 e. The number of hydrogen-bond acceptors (Lipinski definition) is 3. The van der Waals surface area contributed by atoms with E-state index in [2.05, 4.69) is 5.18 Å². The molecule has 4 nitrogen and oxygen atoms in total. The number of rotatable bonds is 4.